The molecule has 0 aromatic carbocycles. The largest absolute Gasteiger partial charge is 0.343 e. The first kappa shape index (κ1) is 15.8. The number of aromatic nitrogens is 6. The molecule has 0 bridgehead atoms. The summed E-state index contributed by atoms with van der Waals surface area (Å²) in [6.07, 6.45) is 7.66. The van der Waals surface area contributed by atoms with Crippen molar-refractivity contribution in [2.45, 2.75) is 20.3 Å². The lowest BCUT2D eigenvalue weighted by atomic mass is 10.1. The standard InChI is InChI=1S/C17H15BrN6O/c1-3-13-10(2)22-16-14(8-21-24(16)17(13)25)11-7-20-23(9-11)15-6-12(18)4-5-19-15/h4-9,22H,3H2,1-2H3. The number of nitrogens with one attached hydrogen (secondary N) is 1. The summed E-state index contributed by atoms with van der Waals surface area (Å²) in [7, 11) is 0. The van der Waals surface area contributed by atoms with E-state index in [1.165, 1.54) is 4.52 Å². The third kappa shape index (κ3) is 2.58. The number of aryl methyl sites for hydroxylation is 1. The van der Waals surface area contributed by atoms with Crippen molar-refractivity contribution in [1.82, 2.24) is 29.4 Å². The van der Waals surface area contributed by atoms with Gasteiger partial charge in [-0.1, -0.05) is 22.9 Å². The van der Waals surface area contributed by atoms with Gasteiger partial charge in [0.2, 0.25) is 0 Å². The van der Waals surface area contributed by atoms with Crippen molar-refractivity contribution in [2.24, 2.45) is 0 Å². The number of rotatable bonds is 3. The van der Waals surface area contributed by atoms with E-state index in [0.717, 1.165) is 26.9 Å². The fourth-order valence-electron chi connectivity index (χ4n) is 2.90. The van der Waals surface area contributed by atoms with Crippen molar-refractivity contribution >= 4 is 21.6 Å². The van der Waals surface area contributed by atoms with Crippen LogP contribution in [0.3, 0.4) is 0 Å². The number of aromatic amines is 1. The molecule has 25 heavy (non-hydrogen) atoms. The van der Waals surface area contributed by atoms with Gasteiger partial charge in [0.1, 0.15) is 5.65 Å². The minimum atomic E-state index is -0.0824. The second-order valence-corrected chi connectivity index (χ2v) is 6.63. The molecule has 0 aliphatic rings. The van der Waals surface area contributed by atoms with Crippen LogP contribution in [0.2, 0.25) is 0 Å². The van der Waals surface area contributed by atoms with Gasteiger partial charge >= 0.3 is 0 Å². The Labute approximate surface area is 151 Å². The van der Waals surface area contributed by atoms with E-state index in [1.807, 2.05) is 32.2 Å². The van der Waals surface area contributed by atoms with Crippen LogP contribution in [-0.2, 0) is 6.42 Å². The molecule has 4 aromatic heterocycles. The summed E-state index contributed by atoms with van der Waals surface area (Å²) in [6.45, 7) is 3.87. The van der Waals surface area contributed by atoms with E-state index in [2.05, 4.69) is 36.1 Å². The van der Waals surface area contributed by atoms with Gasteiger partial charge in [-0.05, 0) is 25.5 Å². The normalized spacial score (nSPS) is 11.3. The molecule has 0 aliphatic carbocycles. The quantitative estimate of drug-likeness (QED) is 0.575. The zero-order valence-electron chi connectivity index (χ0n) is 13.7. The van der Waals surface area contributed by atoms with Gasteiger partial charge in [-0.3, -0.25) is 4.79 Å². The van der Waals surface area contributed by atoms with E-state index < -0.39 is 0 Å². The van der Waals surface area contributed by atoms with E-state index in [-0.39, 0.29) is 5.56 Å². The fourth-order valence-corrected chi connectivity index (χ4v) is 3.22. The average molecular weight is 399 g/mol. The fraction of sp³-hybridized carbons (Fsp3) is 0.176. The van der Waals surface area contributed by atoms with Gasteiger partial charge in [-0.2, -0.15) is 14.7 Å². The first-order chi connectivity index (χ1) is 12.1. The maximum absolute atomic E-state index is 12.5. The summed E-state index contributed by atoms with van der Waals surface area (Å²) in [5.41, 5.74) is 3.88. The van der Waals surface area contributed by atoms with Crippen LogP contribution in [0.1, 0.15) is 18.2 Å². The lowest BCUT2D eigenvalue weighted by Crippen LogP contribution is -2.21. The molecular weight excluding hydrogens is 384 g/mol. The van der Waals surface area contributed by atoms with E-state index in [0.29, 0.717) is 17.9 Å². The smallest absolute Gasteiger partial charge is 0.277 e. The topological polar surface area (TPSA) is 80.9 Å². The lowest BCUT2D eigenvalue weighted by molar-refractivity contribution is 0.846. The first-order valence-corrected chi connectivity index (χ1v) is 8.64. The summed E-state index contributed by atoms with van der Waals surface area (Å²) in [6, 6.07) is 3.74. The predicted octanol–water partition coefficient (Wildman–Crippen LogP) is 2.90. The molecule has 4 heterocycles. The van der Waals surface area contributed by atoms with Crippen LogP contribution < -0.4 is 5.56 Å². The summed E-state index contributed by atoms with van der Waals surface area (Å²) in [5, 5.41) is 8.63. The van der Waals surface area contributed by atoms with E-state index in [4.69, 9.17) is 0 Å². The van der Waals surface area contributed by atoms with Gasteiger partial charge in [0.15, 0.2) is 5.82 Å². The molecule has 0 spiro atoms. The van der Waals surface area contributed by atoms with Crippen LogP contribution in [0.5, 0.6) is 0 Å². The van der Waals surface area contributed by atoms with E-state index in [1.54, 1.807) is 23.3 Å². The number of hydrogen-bond acceptors (Lipinski definition) is 4. The van der Waals surface area contributed by atoms with E-state index in [9.17, 15) is 4.79 Å². The highest BCUT2D eigenvalue weighted by Gasteiger charge is 2.15. The molecule has 0 unspecified atom stereocenters. The van der Waals surface area contributed by atoms with Crippen LogP contribution in [-0.4, -0.2) is 29.4 Å². The Balaban J connectivity index is 1.85. The lowest BCUT2D eigenvalue weighted by Gasteiger charge is -2.04. The maximum atomic E-state index is 12.5. The van der Waals surface area contributed by atoms with Gasteiger partial charge in [-0.15, -0.1) is 0 Å². The van der Waals surface area contributed by atoms with Crippen molar-refractivity contribution < 1.29 is 0 Å². The molecule has 126 valence electrons. The van der Waals surface area contributed by atoms with Gasteiger partial charge < -0.3 is 4.98 Å². The Morgan fingerprint density at radius 2 is 2.12 bits per heavy atom. The van der Waals surface area contributed by atoms with Crippen molar-refractivity contribution in [3.05, 3.63) is 63.0 Å². The number of H-pyrrole nitrogens is 1. The molecule has 0 radical (unpaired) electrons. The highest BCUT2D eigenvalue weighted by molar-refractivity contribution is 9.10. The molecule has 7 nitrogen and oxygen atoms in total. The van der Waals surface area contributed by atoms with Crippen LogP contribution in [0.25, 0.3) is 22.6 Å². The van der Waals surface area contributed by atoms with Gasteiger partial charge in [0, 0.05) is 39.3 Å². The molecule has 0 fully saturated rings. The summed E-state index contributed by atoms with van der Waals surface area (Å²) in [5.74, 6) is 0.704. The minimum absolute atomic E-state index is 0.0824. The van der Waals surface area contributed by atoms with Crippen molar-refractivity contribution in [2.75, 3.05) is 0 Å². The molecule has 0 saturated carbocycles. The number of pyridine rings is 1. The Kier molecular flexibility index (Phi) is 3.76. The van der Waals surface area contributed by atoms with Crippen LogP contribution >= 0.6 is 15.9 Å². The Bertz CT molecular complexity index is 1140. The molecule has 4 aromatic rings. The SMILES string of the molecule is CCc1c(C)[nH]c2c(-c3cnn(-c4cc(Br)ccn4)c3)cnn2c1=O. The first-order valence-electron chi connectivity index (χ1n) is 7.85. The van der Waals surface area contributed by atoms with Crippen molar-refractivity contribution in [1.29, 1.82) is 0 Å². The average Bonchev–Trinajstić information content (AvgIpc) is 3.22. The van der Waals surface area contributed by atoms with Crippen LogP contribution in [0.4, 0.5) is 0 Å². The maximum Gasteiger partial charge on any atom is 0.277 e. The molecule has 0 aliphatic heterocycles. The monoisotopic (exact) mass is 398 g/mol. The zero-order valence-corrected chi connectivity index (χ0v) is 15.3. The van der Waals surface area contributed by atoms with Gasteiger partial charge in [-0.25, -0.2) is 9.67 Å². The third-order valence-electron chi connectivity index (χ3n) is 4.17. The third-order valence-corrected chi connectivity index (χ3v) is 4.66. The molecular formula is C17H15BrN6O. The number of halogens is 1. The zero-order chi connectivity index (χ0) is 17.6. The van der Waals surface area contributed by atoms with Gasteiger partial charge in [0.25, 0.3) is 5.56 Å². The number of fused-ring (bicyclic) bond motifs is 1. The Morgan fingerprint density at radius 3 is 2.88 bits per heavy atom. The van der Waals surface area contributed by atoms with Crippen LogP contribution in [0.15, 0.2) is 46.2 Å². The summed E-state index contributed by atoms with van der Waals surface area (Å²) >= 11 is 3.43. The van der Waals surface area contributed by atoms with Crippen molar-refractivity contribution in [3.8, 4) is 16.9 Å². The molecule has 4 rings (SSSR count). The van der Waals surface area contributed by atoms with Crippen LogP contribution in [0, 0.1) is 6.92 Å². The number of hydrogen-bond donors (Lipinski definition) is 1. The second-order valence-electron chi connectivity index (χ2n) is 5.71. The predicted molar refractivity (Wildman–Crippen MR) is 98.0 cm³/mol. The highest BCUT2D eigenvalue weighted by Crippen LogP contribution is 2.24. The Morgan fingerprint density at radius 1 is 1.28 bits per heavy atom. The van der Waals surface area contributed by atoms with Gasteiger partial charge in [0.05, 0.1) is 12.4 Å². The molecule has 8 heteroatoms. The molecule has 0 saturated heterocycles. The molecule has 1 N–H and O–H groups in total. The van der Waals surface area contributed by atoms with E-state index >= 15 is 0 Å². The number of nitrogens with zero attached hydrogens (tertiary/aromatic N) is 5. The molecule has 0 amide bonds. The highest BCUT2D eigenvalue weighted by atomic mass is 79.9. The Hall–Kier alpha value is -2.74. The minimum Gasteiger partial charge on any atom is -0.343 e. The second kappa shape index (κ2) is 5.96. The summed E-state index contributed by atoms with van der Waals surface area (Å²) < 4.78 is 4.03. The van der Waals surface area contributed by atoms with Crippen molar-refractivity contribution in [3.63, 3.8) is 0 Å². The summed E-state index contributed by atoms with van der Waals surface area (Å²) in [4.78, 5) is 20.1. The molecule has 0 atom stereocenters.